The Hall–Kier alpha value is -0.920. The van der Waals surface area contributed by atoms with Gasteiger partial charge in [-0.1, -0.05) is 13.3 Å². The number of aryl methyl sites for hydroxylation is 1. The van der Waals surface area contributed by atoms with Gasteiger partial charge in [-0.05, 0) is 38.5 Å². The van der Waals surface area contributed by atoms with Gasteiger partial charge in [0.15, 0.2) is 5.03 Å². The maximum atomic E-state index is 12.6. The first-order valence-electron chi connectivity index (χ1n) is 7.77. The Morgan fingerprint density at radius 3 is 2.67 bits per heavy atom. The molecular weight excluding hydrogens is 288 g/mol. The van der Waals surface area contributed by atoms with Gasteiger partial charge in [-0.15, -0.1) is 0 Å². The molecule has 1 aromatic heterocycles. The molecule has 7 heteroatoms. The molecule has 0 radical (unpaired) electrons. The maximum absolute atomic E-state index is 12.6. The molecule has 2 unspecified atom stereocenters. The van der Waals surface area contributed by atoms with Crippen LogP contribution in [-0.2, 0) is 16.6 Å². The number of aromatic nitrogens is 2. The van der Waals surface area contributed by atoms with Crippen molar-refractivity contribution >= 4 is 10.0 Å². The molecule has 0 aliphatic heterocycles. The fourth-order valence-corrected chi connectivity index (χ4v) is 4.55. The van der Waals surface area contributed by atoms with Crippen molar-refractivity contribution in [3.8, 4) is 0 Å². The SMILES string of the molecule is Cc1[nH]nc(S(=O)(=O)NC2CCCC2C)c1CNC1CC1. The Kier molecular flexibility index (Phi) is 4.07. The van der Waals surface area contributed by atoms with Gasteiger partial charge in [0, 0.05) is 29.9 Å². The second-order valence-corrected chi connectivity index (χ2v) is 8.05. The maximum Gasteiger partial charge on any atom is 0.260 e. The number of nitrogens with one attached hydrogen (secondary N) is 3. The molecule has 3 N–H and O–H groups in total. The van der Waals surface area contributed by atoms with Gasteiger partial charge in [-0.25, -0.2) is 13.1 Å². The Balaban J connectivity index is 1.77. The van der Waals surface area contributed by atoms with Crippen molar-refractivity contribution in [2.75, 3.05) is 0 Å². The van der Waals surface area contributed by atoms with Crippen LogP contribution in [-0.4, -0.2) is 30.7 Å². The van der Waals surface area contributed by atoms with E-state index in [9.17, 15) is 8.42 Å². The Morgan fingerprint density at radius 2 is 2.05 bits per heavy atom. The molecule has 2 saturated carbocycles. The molecule has 2 fully saturated rings. The number of sulfonamides is 1. The first-order chi connectivity index (χ1) is 9.97. The number of nitrogens with zero attached hydrogens (tertiary/aromatic N) is 1. The molecule has 21 heavy (non-hydrogen) atoms. The average molecular weight is 312 g/mol. The van der Waals surface area contributed by atoms with Crippen LogP contribution in [0.15, 0.2) is 5.03 Å². The number of hydrogen-bond acceptors (Lipinski definition) is 4. The molecule has 0 saturated heterocycles. The zero-order valence-electron chi connectivity index (χ0n) is 12.6. The van der Waals surface area contributed by atoms with E-state index in [1.165, 1.54) is 12.8 Å². The van der Waals surface area contributed by atoms with Crippen LogP contribution >= 0.6 is 0 Å². The van der Waals surface area contributed by atoms with Gasteiger partial charge in [0.05, 0.1) is 0 Å². The summed E-state index contributed by atoms with van der Waals surface area (Å²) >= 11 is 0. The normalized spacial score (nSPS) is 26.4. The average Bonchev–Trinajstić information content (AvgIpc) is 3.06. The lowest BCUT2D eigenvalue weighted by molar-refractivity contribution is 0.474. The number of H-pyrrole nitrogens is 1. The minimum absolute atomic E-state index is 0.0382. The van der Waals surface area contributed by atoms with Crippen LogP contribution in [0.5, 0.6) is 0 Å². The number of aromatic amines is 1. The number of rotatable bonds is 6. The lowest BCUT2D eigenvalue weighted by Crippen LogP contribution is -2.37. The highest BCUT2D eigenvalue weighted by Gasteiger charge is 2.32. The van der Waals surface area contributed by atoms with Crippen LogP contribution in [0.1, 0.15) is 50.3 Å². The smallest absolute Gasteiger partial charge is 0.260 e. The molecule has 3 rings (SSSR count). The van der Waals surface area contributed by atoms with Crippen LogP contribution in [0.2, 0.25) is 0 Å². The fraction of sp³-hybridized carbons (Fsp3) is 0.786. The van der Waals surface area contributed by atoms with E-state index < -0.39 is 10.0 Å². The third-order valence-electron chi connectivity index (χ3n) is 4.60. The molecule has 2 aliphatic carbocycles. The van der Waals surface area contributed by atoms with E-state index in [1.54, 1.807) is 0 Å². The summed E-state index contributed by atoms with van der Waals surface area (Å²) < 4.78 is 28.1. The third-order valence-corrected chi connectivity index (χ3v) is 6.06. The first-order valence-corrected chi connectivity index (χ1v) is 9.25. The van der Waals surface area contributed by atoms with Crippen LogP contribution in [0.3, 0.4) is 0 Å². The highest BCUT2D eigenvalue weighted by Crippen LogP contribution is 2.27. The quantitative estimate of drug-likeness (QED) is 0.742. The van der Waals surface area contributed by atoms with Gasteiger partial charge in [-0.2, -0.15) is 5.10 Å². The summed E-state index contributed by atoms with van der Waals surface area (Å²) in [6.45, 7) is 4.53. The first kappa shape index (κ1) is 15.0. The van der Waals surface area contributed by atoms with Crippen molar-refractivity contribution in [3.63, 3.8) is 0 Å². The van der Waals surface area contributed by atoms with Gasteiger partial charge >= 0.3 is 0 Å². The van der Waals surface area contributed by atoms with Gasteiger partial charge in [0.25, 0.3) is 10.0 Å². The van der Waals surface area contributed by atoms with Crippen LogP contribution in [0.4, 0.5) is 0 Å². The molecule has 2 atom stereocenters. The van der Waals surface area contributed by atoms with E-state index >= 15 is 0 Å². The van der Waals surface area contributed by atoms with Crippen LogP contribution in [0, 0.1) is 12.8 Å². The van der Waals surface area contributed by atoms with Crippen LogP contribution in [0.25, 0.3) is 0 Å². The zero-order chi connectivity index (χ0) is 15.0. The minimum Gasteiger partial charge on any atom is -0.310 e. The Morgan fingerprint density at radius 1 is 1.29 bits per heavy atom. The highest BCUT2D eigenvalue weighted by atomic mass is 32.2. The molecule has 1 heterocycles. The molecule has 6 nitrogen and oxygen atoms in total. The monoisotopic (exact) mass is 312 g/mol. The van der Waals surface area contributed by atoms with Gasteiger partial charge < -0.3 is 5.32 Å². The molecule has 0 bridgehead atoms. The molecule has 0 spiro atoms. The topological polar surface area (TPSA) is 86.9 Å². The van der Waals surface area contributed by atoms with Crippen molar-refractivity contribution in [1.82, 2.24) is 20.2 Å². The van der Waals surface area contributed by atoms with E-state index in [0.717, 1.165) is 30.5 Å². The molecular formula is C14H24N4O2S. The fourth-order valence-electron chi connectivity index (χ4n) is 2.97. The summed E-state index contributed by atoms with van der Waals surface area (Å²) in [5.41, 5.74) is 1.59. The molecule has 118 valence electrons. The van der Waals surface area contributed by atoms with E-state index in [0.29, 0.717) is 18.5 Å². The summed E-state index contributed by atoms with van der Waals surface area (Å²) in [7, 11) is -3.55. The Labute approximate surface area is 126 Å². The van der Waals surface area contributed by atoms with E-state index in [-0.39, 0.29) is 11.1 Å². The highest BCUT2D eigenvalue weighted by molar-refractivity contribution is 7.89. The summed E-state index contributed by atoms with van der Waals surface area (Å²) in [5, 5.41) is 10.4. The van der Waals surface area contributed by atoms with Crippen LogP contribution < -0.4 is 10.0 Å². The van der Waals surface area contributed by atoms with E-state index in [4.69, 9.17) is 0 Å². The third kappa shape index (κ3) is 3.30. The van der Waals surface area contributed by atoms with Crippen molar-refractivity contribution in [3.05, 3.63) is 11.3 Å². The lowest BCUT2D eigenvalue weighted by atomic mass is 10.1. The van der Waals surface area contributed by atoms with Crippen molar-refractivity contribution in [1.29, 1.82) is 0 Å². The van der Waals surface area contributed by atoms with Crippen molar-refractivity contribution < 1.29 is 8.42 Å². The zero-order valence-corrected chi connectivity index (χ0v) is 13.5. The largest absolute Gasteiger partial charge is 0.310 e. The summed E-state index contributed by atoms with van der Waals surface area (Å²) in [5.74, 6) is 0.396. The standard InChI is InChI=1S/C14H24N4O2S/c1-9-4-3-5-13(9)18-21(19,20)14-12(10(2)16-17-14)8-15-11-6-7-11/h9,11,13,15,18H,3-8H2,1-2H3,(H,16,17). The van der Waals surface area contributed by atoms with E-state index in [2.05, 4.69) is 27.2 Å². The minimum atomic E-state index is -3.55. The Bertz CT molecular complexity index is 606. The van der Waals surface area contributed by atoms with Crippen molar-refractivity contribution in [2.45, 2.75) is 69.6 Å². The molecule has 1 aromatic rings. The second-order valence-electron chi connectivity index (χ2n) is 6.42. The summed E-state index contributed by atoms with van der Waals surface area (Å²) in [6.07, 6.45) is 5.44. The van der Waals surface area contributed by atoms with Gasteiger partial charge in [0.2, 0.25) is 0 Å². The predicted octanol–water partition coefficient (Wildman–Crippen LogP) is 1.44. The molecule has 2 aliphatic rings. The predicted molar refractivity (Wildman–Crippen MR) is 80.3 cm³/mol. The number of hydrogen-bond donors (Lipinski definition) is 3. The van der Waals surface area contributed by atoms with E-state index in [1.807, 2.05) is 6.92 Å². The lowest BCUT2D eigenvalue weighted by Gasteiger charge is -2.17. The van der Waals surface area contributed by atoms with Gasteiger partial charge in [-0.3, -0.25) is 5.10 Å². The second kappa shape index (κ2) is 5.70. The van der Waals surface area contributed by atoms with Gasteiger partial charge in [0.1, 0.15) is 0 Å². The summed E-state index contributed by atoms with van der Waals surface area (Å²) in [6, 6.07) is 0.578. The molecule has 0 amide bonds. The van der Waals surface area contributed by atoms with Crippen molar-refractivity contribution in [2.24, 2.45) is 5.92 Å². The molecule has 0 aromatic carbocycles. The summed E-state index contributed by atoms with van der Waals surface area (Å²) in [4.78, 5) is 0.